The van der Waals surface area contributed by atoms with Crippen molar-refractivity contribution in [2.45, 2.75) is 77.0 Å². The fourth-order valence-corrected chi connectivity index (χ4v) is 1.99. The highest BCUT2D eigenvalue weighted by atomic mass is 14.2. The van der Waals surface area contributed by atoms with E-state index in [4.69, 9.17) is 10.5 Å². The number of hydrogen-bond acceptors (Lipinski definition) is 2. The predicted molar refractivity (Wildman–Crippen MR) is 75.8 cm³/mol. The summed E-state index contributed by atoms with van der Waals surface area (Å²) in [7, 11) is 0. The number of allylic oxidation sites excluding steroid dienone is 1. The maximum Gasteiger partial charge on any atom is 0.0621 e. The van der Waals surface area contributed by atoms with Gasteiger partial charge in [0.2, 0.25) is 0 Å². The van der Waals surface area contributed by atoms with Crippen LogP contribution < -0.4 is 0 Å². The molecular formula is C16H26N2. The zero-order valence-electron chi connectivity index (χ0n) is 11.6. The second-order valence-corrected chi connectivity index (χ2v) is 4.89. The smallest absolute Gasteiger partial charge is 0.0621 e. The van der Waals surface area contributed by atoms with Crippen LogP contribution in [0.15, 0.2) is 12.2 Å². The molecule has 0 rings (SSSR count). The van der Waals surface area contributed by atoms with E-state index in [9.17, 15) is 0 Å². The van der Waals surface area contributed by atoms with Crippen molar-refractivity contribution in [1.29, 1.82) is 10.5 Å². The number of nitriles is 2. The Hall–Kier alpha value is -1.28. The zero-order valence-corrected chi connectivity index (χ0v) is 11.6. The molecule has 0 aromatic rings. The van der Waals surface area contributed by atoms with E-state index in [-0.39, 0.29) is 0 Å². The topological polar surface area (TPSA) is 47.6 Å². The van der Waals surface area contributed by atoms with E-state index in [0.717, 1.165) is 25.7 Å². The van der Waals surface area contributed by atoms with E-state index < -0.39 is 0 Å². The molecule has 0 fully saturated rings. The Morgan fingerprint density at radius 3 is 1.44 bits per heavy atom. The monoisotopic (exact) mass is 246 g/mol. The van der Waals surface area contributed by atoms with Crippen LogP contribution in [0.5, 0.6) is 0 Å². The Balaban J connectivity index is 3.18. The highest BCUT2D eigenvalue weighted by Crippen LogP contribution is 2.16. The highest BCUT2D eigenvalue weighted by molar-refractivity contribution is 4.93. The minimum Gasteiger partial charge on any atom is -0.198 e. The van der Waals surface area contributed by atoms with E-state index in [2.05, 4.69) is 18.7 Å². The van der Waals surface area contributed by atoms with E-state index in [1.54, 1.807) is 0 Å². The van der Waals surface area contributed by atoms with Gasteiger partial charge in [-0.2, -0.15) is 10.5 Å². The molecule has 100 valence electrons. The lowest BCUT2D eigenvalue weighted by molar-refractivity contribution is 0.613. The van der Waals surface area contributed by atoms with E-state index in [0.29, 0.717) is 12.8 Å². The molecule has 0 bridgehead atoms. The summed E-state index contributed by atoms with van der Waals surface area (Å²) >= 11 is 0. The van der Waals surface area contributed by atoms with Gasteiger partial charge in [-0.25, -0.2) is 0 Å². The van der Waals surface area contributed by atoms with Crippen molar-refractivity contribution in [1.82, 2.24) is 0 Å². The Kier molecular flexibility index (Phi) is 12.8. The number of hydrogen-bond donors (Lipinski definition) is 0. The predicted octanol–water partition coefficient (Wildman–Crippen LogP) is 5.27. The molecule has 2 heteroatoms. The minimum absolute atomic E-state index is 0.698. The lowest BCUT2D eigenvalue weighted by atomic mass is 10.0. The quantitative estimate of drug-likeness (QED) is 0.348. The molecule has 2 nitrogen and oxygen atoms in total. The lowest BCUT2D eigenvalue weighted by Crippen LogP contribution is -1.86. The summed E-state index contributed by atoms with van der Waals surface area (Å²) in [4.78, 5) is 0. The van der Waals surface area contributed by atoms with Crippen molar-refractivity contribution in [2.24, 2.45) is 0 Å². The van der Waals surface area contributed by atoms with Gasteiger partial charge >= 0.3 is 0 Å². The standard InChI is InChI=1S/C16H26N2/c1-16(12-8-4-2-6-10-14-17)13-9-5-3-7-11-15-18/h1-13H2. The molecule has 0 aliphatic carbocycles. The molecule has 0 aliphatic heterocycles. The molecular weight excluding hydrogens is 220 g/mol. The lowest BCUT2D eigenvalue weighted by Gasteiger charge is -2.05. The molecule has 0 atom stereocenters. The van der Waals surface area contributed by atoms with Crippen molar-refractivity contribution >= 4 is 0 Å². The number of rotatable bonds is 12. The van der Waals surface area contributed by atoms with Crippen molar-refractivity contribution in [2.75, 3.05) is 0 Å². The Morgan fingerprint density at radius 1 is 0.667 bits per heavy atom. The van der Waals surface area contributed by atoms with E-state index in [1.807, 2.05) is 0 Å². The fraction of sp³-hybridized carbons (Fsp3) is 0.750. The summed E-state index contributed by atoms with van der Waals surface area (Å²) in [5.74, 6) is 0. The average molecular weight is 246 g/mol. The van der Waals surface area contributed by atoms with Gasteiger partial charge in [-0.3, -0.25) is 0 Å². The van der Waals surface area contributed by atoms with Gasteiger partial charge in [-0.05, 0) is 38.5 Å². The van der Waals surface area contributed by atoms with Crippen LogP contribution in [0.25, 0.3) is 0 Å². The molecule has 0 N–H and O–H groups in total. The molecule has 0 aromatic carbocycles. The molecule has 0 aliphatic rings. The van der Waals surface area contributed by atoms with Crippen LogP contribution in [0.1, 0.15) is 77.0 Å². The van der Waals surface area contributed by atoms with Gasteiger partial charge in [0.1, 0.15) is 0 Å². The molecule has 0 amide bonds. The van der Waals surface area contributed by atoms with Crippen LogP contribution in [0.2, 0.25) is 0 Å². The van der Waals surface area contributed by atoms with Crippen LogP contribution in [0.4, 0.5) is 0 Å². The summed E-state index contributed by atoms with van der Waals surface area (Å²) in [5, 5.41) is 16.8. The third-order valence-corrected chi connectivity index (χ3v) is 3.14. The van der Waals surface area contributed by atoms with E-state index >= 15 is 0 Å². The maximum atomic E-state index is 8.40. The van der Waals surface area contributed by atoms with Gasteiger partial charge in [0.25, 0.3) is 0 Å². The third kappa shape index (κ3) is 12.8. The molecule has 0 aromatic heterocycles. The first kappa shape index (κ1) is 16.7. The molecule has 0 unspecified atom stereocenters. The van der Waals surface area contributed by atoms with Crippen LogP contribution >= 0.6 is 0 Å². The van der Waals surface area contributed by atoms with Gasteiger partial charge in [-0.1, -0.05) is 37.8 Å². The minimum atomic E-state index is 0.698. The second kappa shape index (κ2) is 13.8. The van der Waals surface area contributed by atoms with Gasteiger partial charge < -0.3 is 0 Å². The van der Waals surface area contributed by atoms with E-state index in [1.165, 1.54) is 44.1 Å². The summed E-state index contributed by atoms with van der Waals surface area (Å²) in [6, 6.07) is 4.36. The second-order valence-electron chi connectivity index (χ2n) is 4.89. The third-order valence-electron chi connectivity index (χ3n) is 3.14. The van der Waals surface area contributed by atoms with Crippen molar-refractivity contribution in [3.05, 3.63) is 12.2 Å². The first-order valence-corrected chi connectivity index (χ1v) is 7.21. The maximum absolute atomic E-state index is 8.40. The highest BCUT2D eigenvalue weighted by Gasteiger charge is 1.96. The molecule has 0 spiro atoms. The average Bonchev–Trinajstić information content (AvgIpc) is 2.38. The summed E-state index contributed by atoms with van der Waals surface area (Å²) < 4.78 is 0. The van der Waals surface area contributed by atoms with Gasteiger partial charge in [0, 0.05) is 12.8 Å². The number of unbranched alkanes of at least 4 members (excludes halogenated alkanes) is 8. The first-order valence-electron chi connectivity index (χ1n) is 7.21. The van der Waals surface area contributed by atoms with Gasteiger partial charge in [0.05, 0.1) is 12.1 Å². The molecule has 0 heterocycles. The van der Waals surface area contributed by atoms with Crippen LogP contribution in [-0.2, 0) is 0 Å². The van der Waals surface area contributed by atoms with Crippen molar-refractivity contribution in [3.8, 4) is 12.1 Å². The van der Waals surface area contributed by atoms with Gasteiger partial charge in [0.15, 0.2) is 0 Å². The fourth-order valence-electron chi connectivity index (χ4n) is 1.99. The Bertz CT molecular complexity index is 252. The summed E-state index contributed by atoms with van der Waals surface area (Å²) in [6.07, 6.45) is 13.0. The molecule has 18 heavy (non-hydrogen) atoms. The molecule has 0 saturated carbocycles. The Morgan fingerprint density at radius 2 is 1.06 bits per heavy atom. The van der Waals surface area contributed by atoms with Crippen molar-refractivity contribution in [3.63, 3.8) is 0 Å². The SMILES string of the molecule is C=C(CCCCCCC#N)CCCCCCC#N. The van der Waals surface area contributed by atoms with Crippen LogP contribution in [0, 0.1) is 22.7 Å². The first-order chi connectivity index (χ1) is 8.81. The normalized spacial score (nSPS) is 9.67. The van der Waals surface area contributed by atoms with Crippen molar-refractivity contribution < 1.29 is 0 Å². The zero-order chi connectivity index (χ0) is 13.5. The summed E-state index contributed by atoms with van der Waals surface area (Å²) in [5.41, 5.74) is 1.37. The van der Waals surface area contributed by atoms with Gasteiger partial charge in [-0.15, -0.1) is 0 Å². The largest absolute Gasteiger partial charge is 0.198 e. The van der Waals surface area contributed by atoms with Crippen LogP contribution in [-0.4, -0.2) is 0 Å². The summed E-state index contributed by atoms with van der Waals surface area (Å²) in [6.45, 7) is 4.12. The van der Waals surface area contributed by atoms with Crippen LogP contribution in [0.3, 0.4) is 0 Å². The molecule has 0 saturated heterocycles. The Labute approximate surface area is 112 Å². The number of nitrogens with zero attached hydrogens (tertiary/aromatic N) is 2. The molecule has 0 radical (unpaired) electrons.